The van der Waals surface area contributed by atoms with Gasteiger partial charge in [0.2, 0.25) is 11.8 Å². The molecule has 2 aliphatic rings. The lowest BCUT2D eigenvalue weighted by Crippen LogP contribution is -2.50. The summed E-state index contributed by atoms with van der Waals surface area (Å²) in [6, 6.07) is 7.70. The molecular weight excluding hydrogens is 387 g/mol. The molecule has 2 fully saturated rings. The van der Waals surface area contributed by atoms with Gasteiger partial charge in [0.1, 0.15) is 0 Å². The SMILES string of the molecule is CCC1(C(=O)Nc2cccc(CN3CCCC3C(N)=O)c2)CCCN1.Cl.Cl. The number of nitrogens with one attached hydrogen (secondary N) is 2. The van der Waals surface area contributed by atoms with Crippen molar-refractivity contribution in [3.63, 3.8) is 0 Å². The number of carbonyl (C=O) groups excluding carboxylic acids is 2. The molecule has 2 saturated heterocycles. The molecule has 2 amide bonds. The summed E-state index contributed by atoms with van der Waals surface area (Å²) < 4.78 is 0. The summed E-state index contributed by atoms with van der Waals surface area (Å²) in [5.74, 6) is -0.208. The standard InChI is InChI=1S/C19H28N4O2.2ClH/c1-2-19(9-5-10-21-19)18(25)22-15-7-3-6-14(12-15)13-23-11-4-8-16(23)17(20)24;;/h3,6-7,12,16,21H,2,4-5,8-11,13H2,1H3,(H2,20,24)(H,22,25);2*1H. The molecule has 1 aromatic carbocycles. The Balaban J connectivity index is 0.00000182. The van der Waals surface area contributed by atoms with Crippen molar-refractivity contribution < 1.29 is 9.59 Å². The Kier molecular flexibility index (Phi) is 9.02. The van der Waals surface area contributed by atoms with Crippen LogP contribution in [0.3, 0.4) is 0 Å². The van der Waals surface area contributed by atoms with Crippen molar-refractivity contribution in [1.29, 1.82) is 0 Å². The Morgan fingerprint density at radius 1 is 1.33 bits per heavy atom. The van der Waals surface area contributed by atoms with Gasteiger partial charge in [-0.2, -0.15) is 0 Å². The lowest BCUT2D eigenvalue weighted by atomic mass is 9.93. The summed E-state index contributed by atoms with van der Waals surface area (Å²) >= 11 is 0. The lowest BCUT2D eigenvalue weighted by molar-refractivity contribution is -0.123. The molecule has 4 N–H and O–H groups in total. The van der Waals surface area contributed by atoms with Crippen molar-refractivity contribution in [2.75, 3.05) is 18.4 Å². The Morgan fingerprint density at radius 2 is 2.11 bits per heavy atom. The summed E-state index contributed by atoms with van der Waals surface area (Å²) in [4.78, 5) is 26.4. The molecule has 0 spiro atoms. The van der Waals surface area contributed by atoms with Crippen LogP contribution in [0.1, 0.15) is 44.6 Å². The van der Waals surface area contributed by atoms with Gasteiger partial charge in [0.05, 0.1) is 11.6 Å². The van der Waals surface area contributed by atoms with E-state index in [0.717, 1.165) is 56.4 Å². The highest BCUT2D eigenvalue weighted by Crippen LogP contribution is 2.26. The van der Waals surface area contributed by atoms with Gasteiger partial charge in [-0.25, -0.2) is 0 Å². The quantitative estimate of drug-likeness (QED) is 0.664. The maximum atomic E-state index is 12.7. The van der Waals surface area contributed by atoms with E-state index in [1.165, 1.54) is 0 Å². The van der Waals surface area contributed by atoms with Gasteiger partial charge in [-0.1, -0.05) is 19.1 Å². The van der Waals surface area contributed by atoms with E-state index in [-0.39, 0.29) is 42.7 Å². The molecule has 0 saturated carbocycles. The molecule has 2 unspecified atom stereocenters. The van der Waals surface area contributed by atoms with Crippen molar-refractivity contribution >= 4 is 42.3 Å². The van der Waals surface area contributed by atoms with Crippen LogP contribution in [0.4, 0.5) is 5.69 Å². The number of benzene rings is 1. The molecule has 3 rings (SSSR count). The number of likely N-dealkylation sites (tertiary alicyclic amines) is 1. The van der Waals surface area contributed by atoms with E-state index < -0.39 is 5.54 Å². The first-order chi connectivity index (χ1) is 12.0. The van der Waals surface area contributed by atoms with E-state index in [1.807, 2.05) is 31.2 Å². The molecule has 0 aromatic heterocycles. The molecule has 8 heteroatoms. The molecule has 2 aliphatic heterocycles. The minimum absolute atomic E-state index is 0. The van der Waals surface area contributed by atoms with Crippen molar-refractivity contribution in [3.05, 3.63) is 29.8 Å². The second kappa shape index (κ2) is 10.3. The number of rotatable bonds is 6. The van der Waals surface area contributed by atoms with Gasteiger partial charge < -0.3 is 16.4 Å². The van der Waals surface area contributed by atoms with Crippen molar-refractivity contribution in [2.24, 2.45) is 5.73 Å². The number of nitrogens with two attached hydrogens (primary N) is 1. The maximum absolute atomic E-state index is 12.7. The fourth-order valence-electron chi connectivity index (χ4n) is 4.03. The molecule has 2 heterocycles. The van der Waals surface area contributed by atoms with Crippen LogP contribution in [0.15, 0.2) is 24.3 Å². The largest absolute Gasteiger partial charge is 0.368 e. The average molecular weight is 417 g/mol. The fourth-order valence-corrected chi connectivity index (χ4v) is 4.03. The minimum Gasteiger partial charge on any atom is -0.368 e. The smallest absolute Gasteiger partial charge is 0.244 e. The highest BCUT2D eigenvalue weighted by Gasteiger charge is 2.39. The van der Waals surface area contributed by atoms with E-state index in [4.69, 9.17) is 5.73 Å². The van der Waals surface area contributed by atoms with Gasteiger partial charge in [0.15, 0.2) is 0 Å². The Bertz CT molecular complexity index is 650. The predicted molar refractivity (Wildman–Crippen MR) is 112 cm³/mol. The van der Waals surface area contributed by atoms with Crippen LogP contribution in [-0.4, -0.2) is 41.4 Å². The predicted octanol–water partition coefficient (Wildman–Crippen LogP) is 2.45. The molecule has 0 radical (unpaired) electrons. The number of primary amides is 1. The molecule has 152 valence electrons. The highest BCUT2D eigenvalue weighted by molar-refractivity contribution is 5.98. The van der Waals surface area contributed by atoms with Crippen molar-refractivity contribution in [1.82, 2.24) is 10.2 Å². The van der Waals surface area contributed by atoms with Gasteiger partial charge in [-0.3, -0.25) is 14.5 Å². The van der Waals surface area contributed by atoms with Gasteiger partial charge in [0, 0.05) is 12.2 Å². The Labute approximate surface area is 173 Å². The van der Waals surface area contributed by atoms with Gasteiger partial charge in [-0.15, -0.1) is 24.8 Å². The van der Waals surface area contributed by atoms with Gasteiger partial charge in [-0.05, 0) is 62.9 Å². The molecule has 1 aromatic rings. The van der Waals surface area contributed by atoms with Crippen molar-refractivity contribution in [3.8, 4) is 0 Å². The number of halogens is 2. The van der Waals surface area contributed by atoms with E-state index in [9.17, 15) is 9.59 Å². The summed E-state index contributed by atoms with van der Waals surface area (Å²) in [7, 11) is 0. The molecule has 6 nitrogen and oxygen atoms in total. The zero-order valence-electron chi connectivity index (χ0n) is 15.7. The number of carbonyl (C=O) groups is 2. The normalized spacial score (nSPS) is 24.7. The zero-order chi connectivity index (χ0) is 17.9. The third-order valence-electron chi connectivity index (χ3n) is 5.54. The highest BCUT2D eigenvalue weighted by atomic mass is 35.5. The van der Waals surface area contributed by atoms with Crippen LogP contribution < -0.4 is 16.4 Å². The summed E-state index contributed by atoms with van der Waals surface area (Å²) in [6.07, 6.45) is 4.52. The molecule has 0 aliphatic carbocycles. The summed E-state index contributed by atoms with van der Waals surface area (Å²) in [6.45, 7) is 4.50. The molecule has 2 atom stereocenters. The van der Waals surface area contributed by atoms with Crippen LogP contribution in [-0.2, 0) is 16.1 Å². The molecular formula is C19H30Cl2N4O2. The van der Waals surface area contributed by atoms with E-state index >= 15 is 0 Å². The molecule has 27 heavy (non-hydrogen) atoms. The first kappa shape index (κ1) is 23.7. The first-order valence-corrected chi connectivity index (χ1v) is 9.23. The zero-order valence-corrected chi connectivity index (χ0v) is 17.3. The third kappa shape index (κ3) is 5.35. The Hall–Kier alpha value is -1.34. The van der Waals surface area contributed by atoms with E-state index in [0.29, 0.717) is 6.54 Å². The second-order valence-electron chi connectivity index (χ2n) is 7.15. The number of amides is 2. The van der Waals surface area contributed by atoms with Gasteiger partial charge in [0.25, 0.3) is 0 Å². The third-order valence-corrected chi connectivity index (χ3v) is 5.54. The number of nitrogens with zero attached hydrogens (tertiary/aromatic N) is 1. The number of hydrogen-bond donors (Lipinski definition) is 3. The van der Waals surface area contributed by atoms with E-state index in [2.05, 4.69) is 15.5 Å². The number of anilines is 1. The summed E-state index contributed by atoms with van der Waals surface area (Å²) in [5, 5.41) is 6.42. The van der Waals surface area contributed by atoms with Gasteiger partial charge >= 0.3 is 0 Å². The van der Waals surface area contributed by atoms with Crippen LogP contribution in [0.5, 0.6) is 0 Å². The van der Waals surface area contributed by atoms with Crippen LogP contribution in [0, 0.1) is 0 Å². The second-order valence-corrected chi connectivity index (χ2v) is 7.15. The maximum Gasteiger partial charge on any atom is 0.244 e. The van der Waals surface area contributed by atoms with Crippen LogP contribution >= 0.6 is 24.8 Å². The topological polar surface area (TPSA) is 87.5 Å². The number of hydrogen-bond acceptors (Lipinski definition) is 4. The summed E-state index contributed by atoms with van der Waals surface area (Å²) in [5.41, 5.74) is 6.93. The average Bonchev–Trinajstić information content (AvgIpc) is 3.25. The van der Waals surface area contributed by atoms with Crippen LogP contribution in [0.2, 0.25) is 0 Å². The minimum atomic E-state index is -0.442. The fraction of sp³-hybridized carbons (Fsp3) is 0.579. The lowest BCUT2D eigenvalue weighted by Gasteiger charge is -2.27. The molecule has 0 bridgehead atoms. The monoisotopic (exact) mass is 416 g/mol. The Morgan fingerprint density at radius 3 is 2.74 bits per heavy atom. The first-order valence-electron chi connectivity index (χ1n) is 9.23. The van der Waals surface area contributed by atoms with Crippen LogP contribution in [0.25, 0.3) is 0 Å². The van der Waals surface area contributed by atoms with E-state index in [1.54, 1.807) is 0 Å². The van der Waals surface area contributed by atoms with Crippen molar-refractivity contribution in [2.45, 2.75) is 57.2 Å².